The molecule has 2 heterocycles. The molecule has 1 aliphatic rings. The Labute approximate surface area is 156 Å². The van der Waals surface area contributed by atoms with Crippen molar-refractivity contribution in [1.29, 1.82) is 0 Å². The molecule has 2 aromatic carbocycles. The van der Waals surface area contributed by atoms with Gasteiger partial charge in [0.2, 0.25) is 0 Å². The monoisotopic (exact) mass is 368 g/mol. The summed E-state index contributed by atoms with van der Waals surface area (Å²) in [6.45, 7) is 3.12. The van der Waals surface area contributed by atoms with Gasteiger partial charge in [0.1, 0.15) is 31.2 Å². The first-order valence-electron chi connectivity index (χ1n) is 8.19. The molecule has 0 fully saturated rings. The van der Waals surface area contributed by atoms with Gasteiger partial charge in [0.25, 0.3) is 0 Å². The number of aryl methyl sites for hydroxylation is 1. The number of aromatic nitrogens is 2. The van der Waals surface area contributed by atoms with E-state index in [0.717, 1.165) is 28.4 Å². The van der Waals surface area contributed by atoms with Gasteiger partial charge in [-0.05, 0) is 42.8 Å². The molecule has 3 aromatic rings. The third-order valence-electron chi connectivity index (χ3n) is 3.93. The minimum absolute atomic E-state index is 0.554. The Morgan fingerprint density at radius 1 is 0.885 bits per heavy atom. The number of hydrogen-bond acceptors (Lipinski definition) is 6. The summed E-state index contributed by atoms with van der Waals surface area (Å²) in [5.74, 6) is 2.84. The second-order valence-corrected chi connectivity index (χ2v) is 6.29. The standard InChI is InChI=1S/C19H17ClN4O2/c1-12-8-13(20)2-4-15(12)24-19-10-18(21-11-22-19)23-14-3-5-16-17(9-14)26-7-6-25-16/h2-5,8-11H,6-7H2,1H3,(H2,21,22,23,24). The Balaban J connectivity index is 1.52. The van der Waals surface area contributed by atoms with Crippen molar-refractivity contribution in [1.82, 2.24) is 9.97 Å². The Bertz CT molecular complexity index is 949. The summed E-state index contributed by atoms with van der Waals surface area (Å²) in [4.78, 5) is 8.54. The van der Waals surface area contributed by atoms with Gasteiger partial charge >= 0.3 is 0 Å². The maximum absolute atomic E-state index is 6.00. The summed E-state index contributed by atoms with van der Waals surface area (Å²) >= 11 is 6.00. The Kier molecular flexibility index (Phi) is 4.50. The fourth-order valence-electron chi connectivity index (χ4n) is 2.67. The average Bonchev–Trinajstić information content (AvgIpc) is 2.64. The highest BCUT2D eigenvalue weighted by Gasteiger charge is 2.12. The van der Waals surface area contributed by atoms with Gasteiger partial charge in [-0.3, -0.25) is 0 Å². The fraction of sp³-hybridized carbons (Fsp3) is 0.158. The molecule has 4 rings (SSSR count). The quantitative estimate of drug-likeness (QED) is 0.695. The van der Waals surface area contributed by atoms with Crippen LogP contribution in [0.2, 0.25) is 5.02 Å². The van der Waals surface area contributed by atoms with Gasteiger partial charge in [-0.1, -0.05) is 11.6 Å². The van der Waals surface area contributed by atoms with Crippen LogP contribution >= 0.6 is 11.6 Å². The van der Waals surface area contributed by atoms with Crippen molar-refractivity contribution in [3.05, 3.63) is 59.4 Å². The van der Waals surface area contributed by atoms with Crippen LogP contribution in [0.3, 0.4) is 0 Å². The molecule has 26 heavy (non-hydrogen) atoms. The summed E-state index contributed by atoms with van der Waals surface area (Å²) in [7, 11) is 0. The molecular weight excluding hydrogens is 352 g/mol. The lowest BCUT2D eigenvalue weighted by atomic mass is 10.2. The molecule has 0 amide bonds. The molecule has 0 spiro atoms. The van der Waals surface area contributed by atoms with Crippen molar-refractivity contribution in [2.24, 2.45) is 0 Å². The lowest BCUT2D eigenvalue weighted by molar-refractivity contribution is 0.171. The third-order valence-corrected chi connectivity index (χ3v) is 4.17. The molecule has 0 aliphatic carbocycles. The summed E-state index contributed by atoms with van der Waals surface area (Å²) < 4.78 is 11.1. The van der Waals surface area contributed by atoms with E-state index in [4.69, 9.17) is 21.1 Å². The second-order valence-electron chi connectivity index (χ2n) is 5.86. The molecule has 0 saturated heterocycles. The zero-order valence-corrected chi connectivity index (χ0v) is 14.9. The zero-order chi connectivity index (χ0) is 17.9. The van der Waals surface area contributed by atoms with Crippen LogP contribution in [0.5, 0.6) is 11.5 Å². The number of fused-ring (bicyclic) bond motifs is 1. The van der Waals surface area contributed by atoms with Crippen LogP contribution in [0.15, 0.2) is 48.8 Å². The van der Waals surface area contributed by atoms with Gasteiger partial charge < -0.3 is 20.1 Å². The molecule has 132 valence electrons. The zero-order valence-electron chi connectivity index (χ0n) is 14.1. The first-order chi connectivity index (χ1) is 12.7. The highest BCUT2D eigenvalue weighted by Crippen LogP contribution is 2.33. The van der Waals surface area contributed by atoms with Gasteiger partial charge in [-0.25, -0.2) is 9.97 Å². The van der Waals surface area contributed by atoms with Gasteiger partial charge in [-0.2, -0.15) is 0 Å². The van der Waals surface area contributed by atoms with E-state index in [1.807, 2.05) is 49.4 Å². The molecule has 0 atom stereocenters. The van der Waals surface area contributed by atoms with Crippen molar-refractivity contribution in [2.75, 3.05) is 23.8 Å². The summed E-state index contributed by atoms with van der Waals surface area (Å²) in [6.07, 6.45) is 1.51. The van der Waals surface area contributed by atoms with Crippen LogP contribution in [0.1, 0.15) is 5.56 Å². The van der Waals surface area contributed by atoms with Crippen LogP contribution in [0.4, 0.5) is 23.0 Å². The number of benzene rings is 2. The van der Waals surface area contributed by atoms with E-state index in [1.54, 1.807) is 0 Å². The number of anilines is 4. The number of nitrogens with zero attached hydrogens (tertiary/aromatic N) is 2. The highest BCUT2D eigenvalue weighted by atomic mass is 35.5. The Morgan fingerprint density at radius 3 is 2.46 bits per heavy atom. The van der Waals surface area contributed by atoms with E-state index in [9.17, 15) is 0 Å². The van der Waals surface area contributed by atoms with Crippen molar-refractivity contribution < 1.29 is 9.47 Å². The largest absolute Gasteiger partial charge is 0.486 e. The van der Waals surface area contributed by atoms with E-state index >= 15 is 0 Å². The molecule has 7 heteroatoms. The molecule has 0 radical (unpaired) electrons. The van der Waals surface area contributed by atoms with Crippen LogP contribution < -0.4 is 20.1 Å². The van der Waals surface area contributed by atoms with Gasteiger partial charge in [0.05, 0.1) is 0 Å². The van der Waals surface area contributed by atoms with E-state index < -0.39 is 0 Å². The first-order valence-corrected chi connectivity index (χ1v) is 8.57. The molecule has 0 bridgehead atoms. The summed E-state index contributed by atoms with van der Waals surface area (Å²) in [5, 5.41) is 7.24. The number of ether oxygens (including phenoxy) is 2. The average molecular weight is 369 g/mol. The number of hydrogen-bond donors (Lipinski definition) is 2. The normalized spacial score (nSPS) is 12.5. The third kappa shape index (κ3) is 3.65. The van der Waals surface area contributed by atoms with Crippen LogP contribution in [0, 0.1) is 6.92 Å². The number of nitrogens with one attached hydrogen (secondary N) is 2. The number of halogens is 1. The van der Waals surface area contributed by atoms with E-state index in [0.29, 0.717) is 29.9 Å². The maximum atomic E-state index is 6.00. The summed E-state index contributed by atoms with van der Waals surface area (Å²) in [5.41, 5.74) is 2.84. The molecule has 2 N–H and O–H groups in total. The smallest absolute Gasteiger partial charge is 0.163 e. The second kappa shape index (κ2) is 7.09. The van der Waals surface area contributed by atoms with Gasteiger partial charge in [0, 0.05) is 28.5 Å². The van der Waals surface area contributed by atoms with E-state index in [-0.39, 0.29) is 0 Å². The van der Waals surface area contributed by atoms with Gasteiger partial charge in [0.15, 0.2) is 11.5 Å². The minimum atomic E-state index is 0.554. The molecule has 1 aliphatic heterocycles. The molecule has 0 unspecified atom stereocenters. The Hall–Kier alpha value is -2.99. The van der Waals surface area contributed by atoms with Crippen LogP contribution in [0.25, 0.3) is 0 Å². The molecule has 0 saturated carbocycles. The topological polar surface area (TPSA) is 68.3 Å². The van der Waals surface area contributed by atoms with Crippen molar-refractivity contribution in [3.8, 4) is 11.5 Å². The molecule has 1 aromatic heterocycles. The first kappa shape index (κ1) is 16.5. The van der Waals surface area contributed by atoms with Crippen molar-refractivity contribution in [3.63, 3.8) is 0 Å². The lowest BCUT2D eigenvalue weighted by Crippen LogP contribution is -2.15. The predicted molar refractivity (Wildman–Crippen MR) is 102 cm³/mol. The van der Waals surface area contributed by atoms with E-state index in [2.05, 4.69) is 20.6 Å². The molecular formula is C19H17ClN4O2. The minimum Gasteiger partial charge on any atom is -0.486 e. The summed E-state index contributed by atoms with van der Waals surface area (Å²) in [6, 6.07) is 13.2. The predicted octanol–water partition coefficient (Wildman–Crippen LogP) is 4.70. The lowest BCUT2D eigenvalue weighted by Gasteiger charge is -2.19. The van der Waals surface area contributed by atoms with E-state index in [1.165, 1.54) is 6.33 Å². The maximum Gasteiger partial charge on any atom is 0.163 e. The molecule has 6 nitrogen and oxygen atoms in total. The SMILES string of the molecule is Cc1cc(Cl)ccc1Nc1cc(Nc2ccc3c(c2)OCCO3)ncn1. The van der Waals surface area contributed by atoms with Gasteiger partial charge in [-0.15, -0.1) is 0 Å². The van der Waals surface area contributed by atoms with Crippen molar-refractivity contribution >= 4 is 34.6 Å². The Morgan fingerprint density at radius 2 is 1.65 bits per heavy atom. The number of rotatable bonds is 4. The van der Waals surface area contributed by atoms with Crippen molar-refractivity contribution in [2.45, 2.75) is 6.92 Å². The van der Waals surface area contributed by atoms with Crippen LogP contribution in [-0.4, -0.2) is 23.2 Å². The van der Waals surface area contributed by atoms with Crippen LogP contribution in [-0.2, 0) is 0 Å². The fourth-order valence-corrected chi connectivity index (χ4v) is 2.89. The highest BCUT2D eigenvalue weighted by molar-refractivity contribution is 6.30.